The van der Waals surface area contributed by atoms with Crippen molar-refractivity contribution >= 4 is 16.0 Å². The minimum Gasteiger partial charge on any atom is -0.481 e. The fourth-order valence-electron chi connectivity index (χ4n) is 1.46. The van der Waals surface area contributed by atoms with Gasteiger partial charge in [0.1, 0.15) is 10.7 Å². The first kappa shape index (κ1) is 15.5. The molecule has 1 aromatic heterocycles. The number of carboxylic acids is 1. The number of carboxylic acid groups (broad SMARTS) is 1. The summed E-state index contributed by atoms with van der Waals surface area (Å²) in [7, 11) is -3.93. The number of hydrogen-bond donors (Lipinski definition) is 1. The normalized spacial score (nSPS) is 13.5. The summed E-state index contributed by atoms with van der Waals surface area (Å²) >= 11 is 0. The second-order valence-electron chi connectivity index (χ2n) is 4.03. The molecule has 0 bridgehead atoms. The topological polar surface area (TPSA) is 87.6 Å². The smallest absolute Gasteiger partial charge is 0.307 e. The zero-order chi connectivity index (χ0) is 14.6. The largest absolute Gasteiger partial charge is 0.481 e. The molecule has 0 saturated carbocycles. The van der Waals surface area contributed by atoms with Crippen molar-refractivity contribution in [2.24, 2.45) is 5.92 Å². The lowest BCUT2D eigenvalue weighted by atomic mass is 10.2. The van der Waals surface area contributed by atoms with E-state index < -0.39 is 27.7 Å². The first-order valence-corrected chi connectivity index (χ1v) is 7.06. The molecule has 0 fully saturated rings. The van der Waals surface area contributed by atoms with Gasteiger partial charge in [-0.1, -0.05) is 13.8 Å². The van der Waals surface area contributed by atoms with Crippen LogP contribution in [0.3, 0.4) is 0 Å². The van der Waals surface area contributed by atoms with E-state index in [1.54, 1.807) is 6.92 Å². The van der Waals surface area contributed by atoms with Crippen LogP contribution in [0.25, 0.3) is 0 Å². The van der Waals surface area contributed by atoms with Gasteiger partial charge in [-0.2, -0.15) is 4.31 Å². The first-order valence-electron chi connectivity index (χ1n) is 5.62. The van der Waals surface area contributed by atoms with Gasteiger partial charge in [0.25, 0.3) is 0 Å². The molecule has 19 heavy (non-hydrogen) atoms. The highest BCUT2D eigenvalue weighted by Gasteiger charge is 2.27. The molecule has 0 spiro atoms. The fraction of sp³-hybridized carbons (Fsp3) is 0.455. The van der Waals surface area contributed by atoms with Crippen LogP contribution < -0.4 is 0 Å². The lowest BCUT2D eigenvalue weighted by molar-refractivity contribution is -0.141. The van der Waals surface area contributed by atoms with Crippen LogP contribution in [-0.2, 0) is 14.8 Å². The van der Waals surface area contributed by atoms with Gasteiger partial charge in [-0.15, -0.1) is 0 Å². The number of aromatic nitrogens is 1. The molecule has 106 valence electrons. The number of halogens is 1. The molecular formula is C11H15FN2O4S. The summed E-state index contributed by atoms with van der Waals surface area (Å²) in [5.41, 5.74) is 0. The Bertz CT molecular complexity index is 562. The molecule has 1 rings (SSSR count). The van der Waals surface area contributed by atoms with E-state index in [4.69, 9.17) is 5.11 Å². The van der Waals surface area contributed by atoms with Crippen LogP contribution in [0.2, 0.25) is 0 Å². The van der Waals surface area contributed by atoms with Crippen molar-refractivity contribution < 1.29 is 22.7 Å². The molecular weight excluding hydrogens is 275 g/mol. The molecule has 1 heterocycles. The molecule has 0 aliphatic rings. The number of aliphatic carboxylic acids is 1. The van der Waals surface area contributed by atoms with Crippen molar-refractivity contribution in [2.45, 2.75) is 18.7 Å². The predicted molar refractivity (Wildman–Crippen MR) is 65.4 cm³/mol. The monoisotopic (exact) mass is 290 g/mol. The van der Waals surface area contributed by atoms with Crippen LogP contribution in [0.5, 0.6) is 0 Å². The Labute approximate surface area is 110 Å². The van der Waals surface area contributed by atoms with Crippen LogP contribution in [-0.4, -0.2) is 41.9 Å². The van der Waals surface area contributed by atoms with Crippen LogP contribution in [0.15, 0.2) is 23.4 Å². The van der Waals surface area contributed by atoms with E-state index in [0.29, 0.717) is 0 Å². The van der Waals surface area contributed by atoms with E-state index >= 15 is 0 Å². The molecule has 0 saturated heterocycles. The summed E-state index contributed by atoms with van der Waals surface area (Å²) in [5.74, 6) is -2.70. The fourth-order valence-corrected chi connectivity index (χ4v) is 2.98. The molecule has 8 heteroatoms. The number of rotatable bonds is 6. The standard InChI is InChI=1S/C11H15FN2O4S/c1-3-14(7-8(2)11(15)16)19(17,18)10-4-9(12)5-13-6-10/h4-6,8H,3,7H2,1-2H3,(H,15,16). The molecule has 6 nitrogen and oxygen atoms in total. The van der Waals surface area contributed by atoms with Gasteiger partial charge in [0.2, 0.25) is 10.0 Å². The number of nitrogens with zero attached hydrogens (tertiary/aromatic N) is 2. The molecule has 1 N–H and O–H groups in total. The number of hydrogen-bond acceptors (Lipinski definition) is 4. The molecule has 0 aromatic carbocycles. The van der Waals surface area contributed by atoms with E-state index in [9.17, 15) is 17.6 Å². The molecule has 1 aromatic rings. The van der Waals surface area contributed by atoms with E-state index in [0.717, 1.165) is 22.8 Å². The van der Waals surface area contributed by atoms with Crippen molar-refractivity contribution in [1.82, 2.24) is 9.29 Å². The molecule has 1 atom stereocenters. The highest BCUT2D eigenvalue weighted by atomic mass is 32.2. The lowest BCUT2D eigenvalue weighted by Gasteiger charge is -2.22. The van der Waals surface area contributed by atoms with E-state index in [1.165, 1.54) is 6.92 Å². The Morgan fingerprint density at radius 3 is 2.63 bits per heavy atom. The highest BCUT2D eigenvalue weighted by Crippen LogP contribution is 2.16. The summed E-state index contributed by atoms with van der Waals surface area (Å²) in [6, 6.07) is 0.858. The van der Waals surface area contributed by atoms with Crippen molar-refractivity contribution in [3.05, 3.63) is 24.3 Å². The minimum absolute atomic E-state index is 0.0937. The average Bonchev–Trinajstić information content (AvgIpc) is 2.35. The Balaban J connectivity index is 3.06. The summed E-state index contributed by atoms with van der Waals surface area (Å²) in [6.45, 7) is 2.91. The van der Waals surface area contributed by atoms with Crippen molar-refractivity contribution in [3.63, 3.8) is 0 Å². The Morgan fingerprint density at radius 1 is 1.53 bits per heavy atom. The quantitative estimate of drug-likeness (QED) is 0.843. The first-order chi connectivity index (χ1) is 8.78. The lowest BCUT2D eigenvalue weighted by Crippen LogP contribution is -2.36. The van der Waals surface area contributed by atoms with Gasteiger partial charge in [-0.25, -0.2) is 12.8 Å². The highest BCUT2D eigenvalue weighted by molar-refractivity contribution is 7.89. The van der Waals surface area contributed by atoms with Gasteiger partial charge < -0.3 is 5.11 Å². The zero-order valence-corrected chi connectivity index (χ0v) is 11.4. The number of pyridine rings is 1. The average molecular weight is 290 g/mol. The van der Waals surface area contributed by atoms with Crippen LogP contribution in [0.1, 0.15) is 13.8 Å². The second-order valence-corrected chi connectivity index (χ2v) is 5.97. The second kappa shape index (κ2) is 6.07. The van der Waals surface area contributed by atoms with E-state index in [2.05, 4.69) is 4.98 Å². The van der Waals surface area contributed by atoms with Gasteiger partial charge in [0.15, 0.2) is 0 Å². The molecule has 0 aliphatic heterocycles. The SMILES string of the molecule is CCN(CC(C)C(=O)O)S(=O)(=O)c1cncc(F)c1. The third kappa shape index (κ3) is 3.71. The van der Waals surface area contributed by atoms with Crippen LogP contribution in [0.4, 0.5) is 4.39 Å². The van der Waals surface area contributed by atoms with Crippen molar-refractivity contribution in [1.29, 1.82) is 0 Å². The Hall–Kier alpha value is -1.54. The van der Waals surface area contributed by atoms with Crippen molar-refractivity contribution in [2.75, 3.05) is 13.1 Å². The molecule has 0 radical (unpaired) electrons. The summed E-state index contributed by atoms with van der Waals surface area (Å²) < 4.78 is 38.4. The maximum Gasteiger partial charge on any atom is 0.307 e. The zero-order valence-electron chi connectivity index (χ0n) is 10.6. The summed E-state index contributed by atoms with van der Waals surface area (Å²) in [5, 5.41) is 8.81. The maximum absolute atomic E-state index is 13.0. The van der Waals surface area contributed by atoms with Gasteiger partial charge in [0, 0.05) is 19.3 Å². The number of sulfonamides is 1. The third-order valence-corrected chi connectivity index (χ3v) is 4.48. The molecule has 0 amide bonds. The van der Waals surface area contributed by atoms with Crippen LogP contribution in [0, 0.1) is 11.7 Å². The Morgan fingerprint density at radius 2 is 2.16 bits per heavy atom. The number of carbonyl (C=O) groups is 1. The summed E-state index contributed by atoms with van der Waals surface area (Å²) in [6.07, 6.45) is 1.93. The Kier molecular flexibility index (Phi) is 4.96. The van der Waals surface area contributed by atoms with E-state index in [-0.39, 0.29) is 18.0 Å². The van der Waals surface area contributed by atoms with Crippen LogP contribution >= 0.6 is 0 Å². The third-order valence-electron chi connectivity index (χ3n) is 2.57. The minimum atomic E-state index is -3.93. The molecule has 0 aliphatic carbocycles. The van der Waals surface area contributed by atoms with Gasteiger partial charge in [-0.05, 0) is 6.07 Å². The van der Waals surface area contributed by atoms with Gasteiger partial charge in [-0.3, -0.25) is 9.78 Å². The maximum atomic E-state index is 13.0. The van der Waals surface area contributed by atoms with E-state index in [1.807, 2.05) is 0 Å². The predicted octanol–water partition coefficient (Wildman–Crippen LogP) is 0.952. The van der Waals surface area contributed by atoms with Gasteiger partial charge in [0.05, 0.1) is 12.1 Å². The van der Waals surface area contributed by atoms with Gasteiger partial charge >= 0.3 is 5.97 Å². The van der Waals surface area contributed by atoms with Crippen molar-refractivity contribution in [3.8, 4) is 0 Å². The molecule has 1 unspecified atom stereocenters. The summed E-state index contributed by atoms with van der Waals surface area (Å²) in [4.78, 5) is 14.0.